The Hall–Kier alpha value is -1.59. The molecule has 0 saturated heterocycles. The molecule has 1 aromatic rings. The summed E-state index contributed by atoms with van der Waals surface area (Å²) >= 11 is 0. The highest BCUT2D eigenvalue weighted by Gasteiger charge is 2.48. The van der Waals surface area contributed by atoms with Gasteiger partial charge in [0.1, 0.15) is 5.76 Å². The smallest absolute Gasteiger partial charge is 0.346 e. The van der Waals surface area contributed by atoms with E-state index >= 15 is 0 Å². The lowest BCUT2D eigenvalue weighted by atomic mass is 9.94. The quantitative estimate of drug-likeness (QED) is 0.606. The highest BCUT2D eigenvalue weighted by Crippen LogP contribution is 2.36. The zero-order valence-corrected chi connectivity index (χ0v) is 10.4. The van der Waals surface area contributed by atoms with Gasteiger partial charge in [-0.2, -0.15) is 0 Å². The summed E-state index contributed by atoms with van der Waals surface area (Å²) in [6.45, 7) is 2.03. The maximum atomic E-state index is 12.2. The van der Waals surface area contributed by atoms with E-state index in [1.54, 1.807) is 25.1 Å². The molecule has 2 atom stereocenters. The second-order valence-corrected chi connectivity index (χ2v) is 3.88. The number of ether oxygens (including phenoxy) is 3. The summed E-state index contributed by atoms with van der Waals surface area (Å²) in [5.74, 6) is -0.0429. The van der Waals surface area contributed by atoms with Crippen LogP contribution in [0.5, 0.6) is 0 Å². The third kappa shape index (κ3) is 2.19. The molecule has 18 heavy (non-hydrogen) atoms. The Morgan fingerprint density at radius 1 is 1.61 bits per heavy atom. The molecule has 0 N–H and O–H groups in total. The second kappa shape index (κ2) is 5.37. The molecule has 1 aromatic heterocycles. The minimum absolute atomic E-state index is 0.284. The molecule has 1 aliphatic rings. The lowest BCUT2D eigenvalue weighted by molar-refractivity contribution is -0.216. The average Bonchev–Trinajstić information content (AvgIpc) is 2.93. The van der Waals surface area contributed by atoms with E-state index < -0.39 is 17.9 Å². The first kappa shape index (κ1) is 12.9. The topological polar surface area (TPSA) is 57.9 Å². The maximum Gasteiger partial charge on any atom is 0.346 e. The fourth-order valence-electron chi connectivity index (χ4n) is 1.90. The van der Waals surface area contributed by atoms with Crippen LogP contribution in [0.25, 0.3) is 0 Å². The maximum absolute atomic E-state index is 12.2. The molecule has 0 amide bonds. The lowest BCUT2D eigenvalue weighted by Crippen LogP contribution is -2.44. The number of hydrogen-bond donors (Lipinski definition) is 0. The van der Waals surface area contributed by atoms with Gasteiger partial charge in [0, 0.05) is 13.5 Å². The molecular formula is C13H16O5. The summed E-state index contributed by atoms with van der Waals surface area (Å²) in [6, 6.07) is 3.41. The first-order valence-corrected chi connectivity index (χ1v) is 5.81. The highest BCUT2D eigenvalue weighted by molar-refractivity contribution is 5.81. The van der Waals surface area contributed by atoms with Gasteiger partial charge in [-0.3, -0.25) is 0 Å². The van der Waals surface area contributed by atoms with E-state index in [1.165, 1.54) is 13.4 Å². The third-order valence-corrected chi connectivity index (χ3v) is 2.77. The number of methoxy groups -OCH3 is 1. The molecule has 98 valence electrons. The standard InChI is InChI=1S/C13H16O5/c1-3-16-12(14)13(10-6-5-9-17-10)8-4-7-11(15-2)18-13/h4-7,9,11H,3,8H2,1-2H3. The van der Waals surface area contributed by atoms with Crippen molar-refractivity contribution in [3.05, 3.63) is 36.3 Å². The Kier molecular flexibility index (Phi) is 3.84. The van der Waals surface area contributed by atoms with Crippen molar-refractivity contribution in [3.63, 3.8) is 0 Å². The average molecular weight is 252 g/mol. The van der Waals surface area contributed by atoms with Crippen LogP contribution in [0.4, 0.5) is 0 Å². The molecule has 0 aliphatic carbocycles. The van der Waals surface area contributed by atoms with Gasteiger partial charge in [0.15, 0.2) is 6.29 Å². The van der Waals surface area contributed by atoms with Gasteiger partial charge in [0.25, 0.3) is 0 Å². The van der Waals surface area contributed by atoms with Gasteiger partial charge in [-0.1, -0.05) is 6.08 Å². The van der Waals surface area contributed by atoms with Crippen LogP contribution < -0.4 is 0 Å². The first-order valence-electron chi connectivity index (χ1n) is 5.81. The van der Waals surface area contributed by atoms with Crippen molar-refractivity contribution in [2.75, 3.05) is 13.7 Å². The summed E-state index contributed by atoms with van der Waals surface area (Å²) in [7, 11) is 1.51. The van der Waals surface area contributed by atoms with Crippen molar-refractivity contribution in [2.45, 2.75) is 25.2 Å². The van der Waals surface area contributed by atoms with Crippen LogP contribution in [0.2, 0.25) is 0 Å². The Morgan fingerprint density at radius 2 is 2.44 bits per heavy atom. The Bertz CT molecular complexity index is 423. The van der Waals surface area contributed by atoms with Crippen LogP contribution in [0.1, 0.15) is 19.1 Å². The Balaban J connectivity index is 2.35. The zero-order valence-electron chi connectivity index (χ0n) is 10.4. The summed E-state index contributed by atoms with van der Waals surface area (Å²) in [4.78, 5) is 12.2. The predicted octanol–water partition coefficient (Wildman–Crippen LogP) is 1.99. The van der Waals surface area contributed by atoms with E-state index in [1.807, 2.05) is 6.08 Å². The summed E-state index contributed by atoms with van der Waals surface area (Å²) in [5.41, 5.74) is -1.26. The van der Waals surface area contributed by atoms with Crippen LogP contribution in [0.15, 0.2) is 35.0 Å². The van der Waals surface area contributed by atoms with Crippen LogP contribution in [0, 0.1) is 0 Å². The molecule has 0 aromatic carbocycles. The van der Waals surface area contributed by atoms with Gasteiger partial charge in [-0.15, -0.1) is 0 Å². The number of esters is 1. The van der Waals surface area contributed by atoms with Crippen molar-refractivity contribution in [2.24, 2.45) is 0 Å². The zero-order chi connectivity index (χ0) is 13.0. The van der Waals surface area contributed by atoms with Crippen molar-refractivity contribution in [1.82, 2.24) is 0 Å². The Labute approximate surface area is 105 Å². The molecule has 2 heterocycles. The fourth-order valence-corrected chi connectivity index (χ4v) is 1.90. The molecule has 2 unspecified atom stereocenters. The molecule has 0 saturated carbocycles. The van der Waals surface area contributed by atoms with Gasteiger partial charge in [-0.25, -0.2) is 4.79 Å². The minimum atomic E-state index is -1.26. The number of rotatable bonds is 4. The normalized spacial score (nSPS) is 27.1. The first-order chi connectivity index (χ1) is 8.73. The monoisotopic (exact) mass is 252 g/mol. The molecule has 0 fully saturated rings. The summed E-state index contributed by atoms with van der Waals surface area (Å²) in [6.07, 6.45) is 4.85. The van der Waals surface area contributed by atoms with E-state index in [0.717, 1.165) is 0 Å². The van der Waals surface area contributed by atoms with Gasteiger partial charge in [0.05, 0.1) is 12.9 Å². The van der Waals surface area contributed by atoms with E-state index in [0.29, 0.717) is 12.2 Å². The number of furan rings is 1. The van der Waals surface area contributed by atoms with Crippen LogP contribution in [-0.2, 0) is 24.6 Å². The van der Waals surface area contributed by atoms with Crippen LogP contribution >= 0.6 is 0 Å². The molecule has 1 aliphatic heterocycles. The number of carbonyl (C=O) groups excluding carboxylic acids is 1. The third-order valence-electron chi connectivity index (χ3n) is 2.77. The summed E-state index contributed by atoms with van der Waals surface area (Å²) in [5, 5.41) is 0. The molecule has 0 radical (unpaired) electrons. The van der Waals surface area contributed by atoms with Crippen LogP contribution in [-0.4, -0.2) is 26.0 Å². The van der Waals surface area contributed by atoms with Crippen molar-refractivity contribution >= 4 is 5.97 Å². The van der Waals surface area contributed by atoms with Crippen LogP contribution in [0.3, 0.4) is 0 Å². The number of hydrogen-bond acceptors (Lipinski definition) is 5. The fraction of sp³-hybridized carbons (Fsp3) is 0.462. The predicted molar refractivity (Wildman–Crippen MR) is 62.7 cm³/mol. The van der Waals surface area contributed by atoms with Gasteiger partial charge < -0.3 is 18.6 Å². The molecule has 5 nitrogen and oxygen atoms in total. The van der Waals surface area contributed by atoms with E-state index in [9.17, 15) is 4.79 Å². The van der Waals surface area contributed by atoms with Gasteiger partial charge >= 0.3 is 5.97 Å². The molecule has 0 bridgehead atoms. The van der Waals surface area contributed by atoms with Crippen molar-refractivity contribution < 1.29 is 23.4 Å². The van der Waals surface area contributed by atoms with E-state index in [-0.39, 0.29) is 6.61 Å². The molecule has 0 spiro atoms. The molecular weight excluding hydrogens is 236 g/mol. The van der Waals surface area contributed by atoms with Crippen molar-refractivity contribution in [1.29, 1.82) is 0 Å². The lowest BCUT2D eigenvalue weighted by Gasteiger charge is -2.33. The minimum Gasteiger partial charge on any atom is -0.466 e. The molecule has 5 heteroatoms. The largest absolute Gasteiger partial charge is 0.466 e. The van der Waals surface area contributed by atoms with Gasteiger partial charge in [0.2, 0.25) is 5.60 Å². The SMILES string of the molecule is CCOC(=O)C1(c2ccco2)CC=CC(OC)O1. The van der Waals surface area contributed by atoms with E-state index in [2.05, 4.69) is 0 Å². The highest BCUT2D eigenvalue weighted by atomic mass is 16.7. The van der Waals surface area contributed by atoms with Gasteiger partial charge in [-0.05, 0) is 25.1 Å². The summed E-state index contributed by atoms with van der Waals surface area (Å²) < 4.78 is 21.2. The van der Waals surface area contributed by atoms with Crippen molar-refractivity contribution in [3.8, 4) is 0 Å². The second-order valence-electron chi connectivity index (χ2n) is 3.88. The van der Waals surface area contributed by atoms with E-state index in [4.69, 9.17) is 18.6 Å². The molecule has 2 rings (SSSR count). The Morgan fingerprint density at radius 3 is 3.06 bits per heavy atom. The number of carbonyl (C=O) groups is 1.